The molecule has 0 saturated heterocycles. The van der Waals surface area contributed by atoms with Gasteiger partial charge in [-0.05, 0) is 55.0 Å². The lowest BCUT2D eigenvalue weighted by Gasteiger charge is -2.10. The molecule has 2 aromatic carbocycles. The standard InChI is InChI=1S/C18H15F2N3O4S/c1-10-6-11(7-16-17(10)27-9-26-16)15-8-14(18(19)20)22-23(15)12-2-4-13(5-3-12)28(21,24)25/h2-8,18H,9H2,1H3,(H2,21,24,25). The van der Waals surface area contributed by atoms with Crippen LogP contribution < -0.4 is 14.6 Å². The Morgan fingerprint density at radius 1 is 1.14 bits per heavy atom. The fourth-order valence-corrected chi connectivity index (χ4v) is 3.53. The first kappa shape index (κ1) is 18.4. The van der Waals surface area contributed by atoms with E-state index in [1.54, 1.807) is 12.1 Å². The minimum atomic E-state index is -3.86. The maximum Gasteiger partial charge on any atom is 0.282 e. The molecule has 3 aromatic rings. The molecule has 0 saturated carbocycles. The molecule has 0 unspecified atom stereocenters. The van der Waals surface area contributed by atoms with E-state index in [1.807, 2.05) is 6.92 Å². The summed E-state index contributed by atoms with van der Waals surface area (Å²) >= 11 is 0. The Balaban J connectivity index is 1.86. The highest BCUT2D eigenvalue weighted by molar-refractivity contribution is 7.89. The van der Waals surface area contributed by atoms with Gasteiger partial charge < -0.3 is 9.47 Å². The van der Waals surface area contributed by atoms with E-state index in [1.165, 1.54) is 35.0 Å². The summed E-state index contributed by atoms with van der Waals surface area (Å²) < 4.78 is 61.6. The summed E-state index contributed by atoms with van der Waals surface area (Å²) in [7, 11) is -3.86. The van der Waals surface area contributed by atoms with Crippen molar-refractivity contribution in [1.82, 2.24) is 9.78 Å². The number of nitrogens with two attached hydrogens (primary N) is 1. The molecular formula is C18H15F2N3O4S. The Bertz CT molecular complexity index is 1160. The van der Waals surface area contributed by atoms with Crippen molar-refractivity contribution >= 4 is 10.0 Å². The summed E-state index contributed by atoms with van der Waals surface area (Å²) in [6.07, 6.45) is -2.76. The van der Waals surface area contributed by atoms with Crippen molar-refractivity contribution in [3.63, 3.8) is 0 Å². The number of fused-ring (bicyclic) bond motifs is 1. The SMILES string of the molecule is Cc1cc(-c2cc(C(F)F)nn2-c2ccc(S(N)(=O)=O)cc2)cc2c1OCO2. The zero-order valence-electron chi connectivity index (χ0n) is 14.6. The van der Waals surface area contributed by atoms with Crippen LogP contribution in [-0.2, 0) is 10.0 Å². The monoisotopic (exact) mass is 407 g/mol. The van der Waals surface area contributed by atoms with E-state index in [9.17, 15) is 17.2 Å². The molecule has 7 nitrogen and oxygen atoms in total. The normalized spacial score (nSPS) is 13.3. The van der Waals surface area contributed by atoms with Crippen molar-refractivity contribution < 1.29 is 26.7 Å². The average molecular weight is 407 g/mol. The summed E-state index contributed by atoms with van der Waals surface area (Å²) in [5.74, 6) is 1.13. The highest BCUT2D eigenvalue weighted by Gasteiger charge is 2.22. The largest absolute Gasteiger partial charge is 0.454 e. The predicted molar refractivity (Wildman–Crippen MR) is 96.2 cm³/mol. The van der Waals surface area contributed by atoms with Gasteiger partial charge in [-0.2, -0.15) is 5.10 Å². The molecule has 0 bridgehead atoms. The molecule has 0 amide bonds. The molecule has 146 valence electrons. The van der Waals surface area contributed by atoms with E-state index in [0.29, 0.717) is 28.4 Å². The summed E-state index contributed by atoms with van der Waals surface area (Å²) in [6, 6.07) is 10.3. The number of rotatable bonds is 4. The first-order valence-corrected chi connectivity index (χ1v) is 9.70. The van der Waals surface area contributed by atoms with Gasteiger partial charge in [-0.25, -0.2) is 27.0 Å². The third kappa shape index (κ3) is 3.20. The minimum absolute atomic E-state index is 0.0852. The number of hydrogen-bond donors (Lipinski definition) is 1. The van der Waals surface area contributed by atoms with Crippen LogP contribution in [0.4, 0.5) is 8.78 Å². The van der Waals surface area contributed by atoms with Crippen LogP contribution in [0, 0.1) is 6.92 Å². The molecule has 0 aliphatic carbocycles. The van der Waals surface area contributed by atoms with Crippen LogP contribution in [0.5, 0.6) is 11.5 Å². The van der Waals surface area contributed by atoms with Gasteiger partial charge in [0.15, 0.2) is 11.5 Å². The number of aromatic nitrogens is 2. The molecule has 4 rings (SSSR count). The molecule has 2 N–H and O–H groups in total. The maximum absolute atomic E-state index is 13.3. The summed E-state index contributed by atoms with van der Waals surface area (Å²) in [6.45, 7) is 1.92. The van der Waals surface area contributed by atoms with E-state index < -0.39 is 22.1 Å². The zero-order valence-corrected chi connectivity index (χ0v) is 15.4. The van der Waals surface area contributed by atoms with Gasteiger partial charge in [0.05, 0.1) is 16.3 Å². The molecule has 1 aromatic heterocycles. The second-order valence-electron chi connectivity index (χ2n) is 6.23. The Kier molecular flexibility index (Phi) is 4.31. The van der Waals surface area contributed by atoms with E-state index in [0.717, 1.165) is 5.56 Å². The van der Waals surface area contributed by atoms with Crippen molar-refractivity contribution in [3.05, 3.63) is 53.7 Å². The van der Waals surface area contributed by atoms with Crippen molar-refractivity contribution in [1.29, 1.82) is 0 Å². The lowest BCUT2D eigenvalue weighted by molar-refractivity contribution is 0.145. The number of primary sulfonamides is 1. The van der Waals surface area contributed by atoms with Gasteiger partial charge in [-0.3, -0.25) is 0 Å². The molecule has 0 atom stereocenters. The Labute approximate surface area is 159 Å². The van der Waals surface area contributed by atoms with Crippen LogP contribution in [0.2, 0.25) is 0 Å². The number of nitrogens with zero attached hydrogens (tertiary/aromatic N) is 2. The van der Waals surface area contributed by atoms with E-state index in [4.69, 9.17) is 14.6 Å². The molecule has 0 radical (unpaired) electrons. The summed E-state index contributed by atoms with van der Waals surface area (Å²) in [4.78, 5) is -0.0852. The second kappa shape index (κ2) is 6.57. The molecule has 1 aliphatic heterocycles. The molecule has 10 heteroatoms. The Morgan fingerprint density at radius 3 is 2.50 bits per heavy atom. The number of benzene rings is 2. The lowest BCUT2D eigenvalue weighted by Crippen LogP contribution is -2.12. The van der Waals surface area contributed by atoms with Gasteiger partial charge in [0.25, 0.3) is 6.43 Å². The first-order chi connectivity index (χ1) is 13.2. The van der Waals surface area contributed by atoms with Gasteiger partial charge in [0.1, 0.15) is 5.69 Å². The minimum Gasteiger partial charge on any atom is -0.454 e. The van der Waals surface area contributed by atoms with E-state index >= 15 is 0 Å². The number of ether oxygens (including phenoxy) is 2. The quantitative estimate of drug-likeness (QED) is 0.717. The predicted octanol–water partition coefficient (Wildman–Crippen LogP) is 3.16. The van der Waals surface area contributed by atoms with Gasteiger partial charge in [0, 0.05) is 5.56 Å². The van der Waals surface area contributed by atoms with Crippen molar-refractivity contribution in [2.75, 3.05) is 6.79 Å². The molecule has 0 spiro atoms. The molecule has 1 aliphatic rings. The van der Waals surface area contributed by atoms with E-state index in [2.05, 4.69) is 5.10 Å². The smallest absolute Gasteiger partial charge is 0.282 e. The number of aryl methyl sites for hydroxylation is 1. The van der Waals surface area contributed by atoms with Crippen LogP contribution in [-0.4, -0.2) is 25.0 Å². The number of hydrogen-bond acceptors (Lipinski definition) is 5. The molecule has 28 heavy (non-hydrogen) atoms. The van der Waals surface area contributed by atoms with Crippen molar-refractivity contribution in [2.45, 2.75) is 18.2 Å². The Morgan fingerprint density at radius 2 is 1.86 bits per heavy atom. The molecule has 0 fully saturated rings. The van der Waals surface area contributed by atoms with Crippen LogP contribution in [0.3, 0.4) is 0 Å². The zero-order chi connectivity index (χ0) is 20.1. The van der Waals surface area contributed by atoms with Gasteiger partial charge in [-0.15, -0.1) is 0 Å². The van der Waals surface area contributed by atoms with Gasteiger partial charge >= 0.3 is 0 Å². The van der Waals surface area contributed by atoms with Crippen LogP contribution >= 0.6 is 0 Å². The molecule has 2 heterocycles. The first-order valence-electron chi connectivity index (χ1n) is 8.16. The van der Waals surface area contributed by atoms with Crippen molar-refractivity contribution in [2.24, 2.45) is 5.14 Å². The highest BCUT2D eigenvalue weighted by atomic mass is 32.2. The third-order valence-electron chi connectivity index (χ3n) is 4.32. The summed E-state index contributed by atoms with van der Waals surface area (Å²) in [5, 5.41) is 9.09. The van der Waals surface area contributed by atoms with Crippen LogP contribution in [0.25, 0.3) is 16.9 Å². The lowest BCUT2D eigenvalue weighted by atomic mass is 10.1. The number of halogens is 2. The highest BCUT2D eigenvalue weighted by Crippen LogP contribution is 2.40. The summed E-state index contributed by atoms with van der Waals surface area (Å²) in [5.41, 5.74) is 1.81. The van der Waals surface area contributed by atoms with Gasteiger partial charge in [0.2, 0.25) is 16.8 Å². The topological polar surface area (TPSA) is 96.4 Å². The number of sulfonamides is 1. The maximum atomic E-state index is 13.3. The van der Waals surface area contributed by atoms with Crippen LogP contribution in [0.15, 0.2) is 47.4 Å². The van der Waals surface area contributed by atoms with Crippen LogP contribution in [0.1, 0.15) is 17.7 Å². The second-order valence-corrected chi connectivity index (χ2v) is 7.79. The fourth-order valence-electron chi connectivity index (χ4n) is 3.02. The van der Waals surface area contributed by atoms with E-state index in [-0.39, 0.29) is 11.7 Å². The third-order valence-corrected chi connectivity index (χ3v) is 5.24. The number of alkyl halides is 2. The van der Waals surface area contributed by atoms with Crippen molar-refractivity contribution in [3.8, 4) is 28.4 Å². The average Bonchev–Trinajstić information content (AvgIpc) is 3.28. The van der Waals surface area contributed by atoms with Gasteiger partial charge in [-0.1, -0.05) is 0 Å². The molecular weight excluding hydrogens is 392 g/mol. The Hall–Kier alpha value is -2.98. The fraction of sp³-hybridized carbons (Fsp3) is 0.167.